The molecule has 0 fully saturated rings. The molecule has 0 saturated carbocycles. The van der Waals surface area contributed by atoms with Crippen LogP contribution in [0.4, 0.5) is 10.1 Å². The minimum Gasteiger partial charge on any atom is -0.355 e. The summed E-state index contributed by atoms with van der Waals surface area (Å²) in [5.74, 6) is -1.37. The van der Waals surface area contributed by atoms with E-state index in [9.17, 15) is 22.4 Å². The molecular weight excluding hydrogens is 493 g/mol. The third-order valence-corrected chi connectivity index (χ3v) is 7.78. The maximum absolute atomic E-state index is 13.7. The van der Waals surface area contributed by atoms with E-state index in [2.05, 4.69) is 5.32 Å². The number of hydrogen-bond donors (Lipinski definition) is 1. The van der Waals surface area contributed by atoms with Crippen LogP contribution < -0.4 is 9.62 Å². The Morgan fingerprint density at radius 3 is 1.97 bits per heavy atom. The van der Waals surface area contributed by atoms with Crippen LogP contribution in [0.3, 0.4) is 0 Å². The number of halogens is 1. The summed E-state index contributed by atoms with van der Waals surface area (Å²) in [5.41, 5.74) is 2.77. The van der Waals surface area contributed by atoms with Crippen molar-refractivity contribution in [1.29, 1.82) is 0 Å². The molecular formula is C28H32FN3O4S. The highest BCUT2D eigenvalue weighted by atomic mass is 32.2. The number of carbonyl (C=O) groups is 2. The van der Waals surface area contributed by atoms with Gasteiger partial charge in [-0.15, -0.1) is 0 Å². The summed E-state index contributed by atoms with van der Waals surface area (Å²) in [6.45, 7) is 6.94. The molecule has 3 aromatic carbocycles. The molecule has 0 aromatic heterocycles. The monoisotopic (exact) mass is 525 g/mol. The van der Waals surface area contributed by atoms with Crippen LogP contribution in [0.1, 0.15) is 30.5 Å². The van der Waals surface area contributed by atoms with Crippen LogP contribution in [-0.2, 0) is 26.2 Å². The van der Waals surface area contributed by atoms with Crippen molar-refractivity contribution in [2.75, 3.05) is 17.4 Å². The van der Waals surface area contributed by atoms with Crippen molar-refractivity contribution in [1.82, 2.24) is 10.2 Å². The van der Waals surface area contributed by atoms with E-state index in [0.29, 0.717) is 17.8 Å². The van der Waals surface area contributed by atoms with Crippen molar-refractivity contribution < 1.29 is 22.4 Å². The highest BCUT2D eigenvalue weighted by Crippen LogP contribution is 2.25. The van der Waals surface area contributed by atoms with Crippen molar-refractivity contribution in [3.05, 3.63) is 95.3 Å². The Morgan fingerprint density at radius 1 is 0.892 bits per heavy atom. The molecule has 0 radical (unpaired) electrons. The van der Waals surface area contributed by atoms with E-state index in [0.717, 1.165) is 15.4 Å². The molecule has 3 aromatic rings. The van der Waals surface area contributed by atoms with Crippen molar-refractivity contribution in [3.8, 4) is 0 Å². The molecule has 3 rings (SSSR count). The fourth-order valence-electron chi connectivity index (χ4n) is 3.77. The summed E-state index contributed by atoms with van der Waals surface area (Å²) in [7, 11) is -4.11. The quantitative estimate of drug-likeness (QED) is 0.430. The van der Waals surface area contributed by atoms with E-state index < -0.39 is 34.3 Å². The Kier molecular flexibility index (Phi) is 9.04. The van der Waals surface area contributed by atoms with Crippen LogP contribution in [0, 0.1) is 19.7 Å². The molecule has 0 aliphatic carbocycles. The van der Waals surface area contributed by atoms with Gasteiger partial charge in [-0.2, -0.15) is 0 Å². The Hall–Kier alpha value is -3.72. The van der Waals surface area contributed by atoms with Crippen LogP contribution >= 0.6 is 0 Å². The molecule has 1 unspecified atom stereocenters. The highest BCUT2D eigenvalue weighted by molar-refractivity contribution is 7.92. The zero-order valence-electron chi connectivity index (χ0n) is 21.4. The summed E-state index contributed by atoms with van der Waals surface area (Å²) in [5, 5.41) is 2.70. The average molecular weight is 526 g/mol. The zero-order chi connectivity index (χ0) is 27.2. The molecule has 0 aliphatic heterocycles. The number of carbonyl (C=O) groups excluding carboxylic acids is 2. The normalized spacial score (nSPS) is 12.0. The third kappa shape index (κ3) is 6.95. The second kappa shape index (κ2) is 12.0. The lowest BCUT2D eigenvalue weighted by molar-refractivity contribution is -0.139. The van der Waals surface area contributed by atoms with Gasteiger partial charge in [0.15, 0.2) is 0 Å². The molecule has 1 N–H and O–H groups in total. The van der Waals surface area contributed by atoms with Crippen molar-refractivity contribution in [2.24, 2.45) is 0 Å². The van der Waals surface area contributed by atoms with E-state index >= 15 is 0 Å². The maximum Gasteiger partial charge on any atom is 0.264 e. The Balaban J connectivity index is 2.01. The average Bonchev–Trinajstić information content (AvgIpc) is 2.87. The lowest BCUT2D eigenvalue weighted by atomic mass is 10.1. The highest BCUT2D eigenvalue weighted by Gasteiger charge is 2.32. The SMILES string of the molecule is CCNC(=O)C(C)N(Cc1ccc(F)cc1)C(=O)CN(c1ccc(C)cc1)S(=O)(=O)c1ccc(C)cc1. The number of likely N-dealkylation sites (N-methyl/N-ethyl adjacent to an activating group) is 1. The first-order chi connectivity index (χ1) is 17.5. The second-order valence-corrected chi connectivity index (χ2v) is 10.7. The minimum atomic E-state index is -4.11. The Labute approximate surface area is 218 Å². The summed E-state index contributed by atoms with van der Waals surface area (Å²) >= 11 is 0. The van der Waals surface area contributed by atoms with Gasteiger partial charge in [-0.25, -0.2) is 12.8 Å². The smallest absolute Gasteiger partial charge is 0.264 e. The predicted molar refractivity (Wildman–Crippen MR) is 142 cm³/mol. The number of amides is 2. The second-order valence-electron chi connectivity index (χ2n) is 8.88. The van der Waals surface area contributed by atoms with Gasteiger partial charge in [0.1, 0.15) is 18.4 Å². The molecule has 196 valence electrons. The van der Waals surface area contributed by atoms with Crippen LogP contribution in [0.25, 0.3) is 0 Å². The molecule has 7 nitrogen and oxygen atoms in total. The van der Waals surface area contributed by atoms with Crippen LogP contribution in [0.2, 0.25) is 0 Å². The minimum absolute atomic E-state index is 0.00370. The number of nitrogens with one attached hydrogen (secondary N) is 1. The van der Waals surface area contributed by atoms with Gasteiger partial charge in [0.25, 0.3) is 10.0 Å². The van der Waals surface area contributed by atoms with Gasteiger partial charge in [0, 0.05) is 13.1 Å². The predicted octanol–water partition coefficient (Wildman–Crippen LogP) is 4.19. The Morgan fingerprint density at radius 2 is 1.43 bits per heavy atom. The summed E-state index contributed by atoms with van der Waals surface area (Å²) in [6.07, 6.45) is 0. The van der Waals surface area contributed by atoms with E-state index in [1.54, 1.807) is 50.2 Å². The summed E-state index contributed by atoms with van der Waals surface area (Å²) < 4.78 is 42.0. The standard InChI is InChI=1S/C28H32FN3O4S/c1-5-30-28(34)22(4)31(18-23-10-12-24(29)13-11-23)27(33)19-32(25-14-6-20(2)7-15-25)37(35,36)26-16-8-21(3)9-17-26/h6-17,22H,5,18-19H2,1-4H3,(H,30,34). The maximum atomic E-state index is 13.7. The fraction of sp³-hybridized carbons (Fsp3) is 0.286. The van der Waals surface area contributed by atoms with E-state index in [-0.39, 0.29) is 17.3 Å². The topological polar surface area (TPSA) is 86.8 Å². The van der Waals surface area contributed by atoms with Gasteiger partial charge in [0.05, 0.1) is 10.6 Å². The molecule has 0 aliphatic rings. The number of benzene rings is 3. The number of sulfonamides is 1. The first-order valence-electron chi connectivity index (χ1n) is 12.0. The molecule has 0 spiro atoms. The van der Waals surface area contributed by atoms with Crippen molar-refractivity contribution in [3.63, 3.8) is 0 Å². The van der Waals surface area contributed by atoms with Gasteiger partial charge in [-0.1, -0.05) is 47.5 Å². The lowest BCUT2D eigenvalue weighted by Crippen LogP contribution is -2.51. The van der Waals surface area contributed by atoms with Gasteiger partial charge in [0.2, 0.25) is 11.8 Å². The first kappa shape index (κ1) is 27.9. The number of hydrogen-bond acceptors (Lipinski definition) is 4. The molecule has 0 bridgehead atoms. The van der Waals surface area contributed by atoms with E-state index in [4.69, 9.17) is 0 Å². The van der Waals surface area contributed by atoms with Gasteiger partial charge < -0.3 is 10.2 Å². The fourth-order valence-corrected chi connectivity index (χ4v) is 5.18. The van der Waals surface area contributed by atoms with E-state index in [1.165, 1.54) is 41.3 Å². The number of rotatable bonds is 10. The number of anilines is 1. The van der Waals surface area contributed by atoms with Gasteiger partial charge in [-0.3, -0.25) is 13.9 Å². The third-order valence-electron chi connectivity index (χ3n) is 5.99. The molecule has 0 saturated heterocycles. The van der Waals surface area contributed by atoms with Gasteiger partial charge >= 0.3 is 0 Å². The van der Waals surface area contributed by atoms with Crippen molar-refractivity contribution in [2.45, 2.75) is 45.2 Å². The molecule has 1 atom stereocenters. The van der Waals surface area contributed by atoms with Gasteiger partial charge in [-0.05, 0) is 69.7 Å². The van der Waals surface area contributed by atoms with E-state index in [1.807, 2.05) is 13.8 Å². The van der Waals surface area contributed by atoms with Crippen LogP contribution in [-0.4, -0.2) is 44.3 Å². The van der Waals surface area contributed by atoms with Crippen LogP contribution in [0.5, 0.6) is 0 Å². The summed E-state index contributed by atoms with van der Waals surface area (Å²) in [6, 6.07) is 17.9. The largest absolute Gasteiger partial charge is 0.355 e. The molecule has 9 heteroatoms. The molecule has 2 amide bonds. The molecule has 37 heavy (non-hydrogen) atoms. The zero-order valence-corrected chi connectivity index (χ0v) is 22.3. The lowest BCUT2D eigenvalue weighted by Gasteiger charge is -2.32. The number of aryl methyl sites for hydroxylation is 2. The molecule has 0 heterocycles. The first-order valence-corrected chi connectivity index (χ1v) is 13.4. The Bertz CT molecular complexity index is 1330. The van der Waals surface area contributed by atoms with Crippen LogP contribution in [0.15, 0.2) is 77.7 Å². The summed E-state index contributed by atoms with van der Waals surface area (Å²) in [4.78, 5) is 27.8. The van der Waals surface area contributed by atoms with Crippen molar-refractivity contribution >= 4 is 27.5 Å². The number of nitrogens with zero attached hydrogens (tertiary/aromatic N) is 2.